The van der Waals surface area contributed by atoms with Crippen molar-refractivity contribution in [3.63, 3.8) is 0 Å². The molecule has 1 aliphatic rings. The van der Waals surface area contributed by atoms with Gasteiger partial charge in [0.2, 0.25) is 5.91 Å². The predicted octanol–water partition coefficient (Wildman–Crippen LogP) is 3.50. The van der Waals surface area contributed by atoms with Crippen LogP contribution in [-0.2, 0) is 11.3 Å². The number of carbonyl (C=O) groups is 1. The molecule has 1 aliphatic heterocycles. The summed E-state index contributed by atoms with van der Waals surface area (Å²) in [6.07, 6.45) is 2.88. The molecular weight excluding hydrogens is 404 g/mol. The molecule has 1 amide bonds. The molecule has 0 radical (unpaired) electrons. The normalized spacial score (nSPS) is 19.6. The van der Waals surface area contributed by atoms with Crippen LogP contribution in [0.4, 0.5) is 0 Å². The fourth-order valence-electron chi connectivity index (χ4n) is 3.91. The van der Waals surface area contributed by atoms with E-state index in [9.17, 15) is 9.59 Å². The number of piperidine rings is 1. The summed E-state index contributed by atoms with van der Waals surface area (Å²) < 4.78 is 2.27. The lowest BCUT2D eigenvalue weighted by Crippen LogP contribution is -2.43. The quantitative estimate of drug-likeness (QED) is 0.460. The van der Waals surface area contributed by atoms with Crippen LogP contribution in [0.15, 0.2) is 45.8 Å². The van der Waals surface area contributed by atoms with Crippen molar-refractivity contribution in [1.82, 2.24) is 19.4 Å². The number of rotatable bonds is 5. The molecule has 6 nitrogen and oxygen atoms in total. The molecule has 1 fully saturated rings. The maximum absolute atomic E-state index is 13.0. The molecule has 2 atom stereocenters. The van der Waals surface area contributed by atoms with Crippen LogP contribution in [0.25, 0.3) is 10.2 Å². The van der Waals surface area contributed by atoms with Gasteiger partial charge in [-0.25, -0.2) is 4.98 Å². The highest BCUT2D eigenvalue weighted by atomic mass is 32.2. The molecule has 4 rings (SSSR count). The van der Waals surface area contributed by atoms with E-state index in [1.54, 1.807) is 10.8 Å². The number of aromatic nitrogens is 3. The molecule has 0 spiro atoms. The summed E-state index contributed by atoms with van der Waals surface area (Å²) in [5, 5.41) is 2.44. The lowest BCUT2D eigenvalue weighted by atomic mass is 9.92. The molecule has 0 bridgehead atoms. The van der Waals surface area contributed by atoms with E-state index in [4.69, 9.17) is 0 Å². The van der Waals surface area contributed by atoms with Crippen molar-refractivity contribution in [2.75, 3.05) is 18.8 Å². The van der Waals surface area contributed by atoms with E-state index in [0.717, 1.165) is 25.2 Å². The summed E-state index contributed by atoms with van der Waals surface area (Å²) in [4.78, 5) is 36.8. The van der Waals surface area contributed by atoms with Crippen LogP contribution in [-0.4, -0.2) is 44.2 Å². The Bertz CT molecular complexity index is 1050. The van der Waals surface area contributed by atoms with E-state index in [0.29, 0.717) is 33.8 Å². The minimum absolute atomic E-state index is 0.0779. The minimum Gasteiger partial charge on any atom is -0.341 e. The number of likely N-dealkylation sites (tertiary alicyclic amines) is 1. The van der Waals surface area contributed by atoms with Gasteiger partial charge in [-0.2, -0.15) is 0 Å². The van der Waals surface area contributed by atoms with Crippen LogP contribution in [0.1, 0.15) is 26.0 Å². The third-order valence-electron chi connectivity index (χ3n) is 5.12. The number of nitrogens with zero attached hydrogens (tertiary/aromatic N) is 4. The average Bonchev–Trinajstić information content (AvgIpc) is 3.17. The van der Waals surface area contributed by atoms with Gasteiger partial charge < -0.3 is 4.90 Å². The van der Waals surface area contributed by atoms with Gasteiger partial charge in [0.15, 0.2) is 5.16 Å². The predicted molar refractivity (Wildman–Crippen MR) is 117 cm³/mol. The molecule has 0 aliphatic carbocycles. The lowest BCUT2D eigenvalue weighted by molar-refractivity contribution is -0.130. The number of fused-ring (bicyclic) bond motifs is 1. The molecule has 3 aromatic rings. The van der Waals surface area contributed by atoms with Gasteiger partial charge in [0, 0.05) is 19.3 Å². The van der Waals surface area contributed by atoms with Gasteiger partial charge in [-0.3, -0.25) is 19.1 Å². The first-order valence-corrected chi connectivity index (χ1v) is 11.7. The molecule has 29 heavy (non-hydrogen) atoms. The fourth-order valence-corrected chi connectivity index (χ4v) is 5.59. The van der Waals surface area contributed by atoms with Crippen molar-refractivity contribution in [3.05, 3.63) is 51.9 Å². The van der Waals surface area contributed by atoms with Crippen molar-refractivity contribution in [1.29, 1.82) is 0 Å². The average molecular weight is 429 g/mol. The number of thioether (sulfide) groups is 1. The summed E-state index contributed by atoms with van der Waals surface area (Å²) >= 11 is 2.73. The Kier molecular flexibility index (Phi) is 6.01. The van der Waals surface area contributed by atoms with E-state index in [-0.39, 0.29) is 17.2 Å². The molecule has 3 aromatic heterocycles. The zero-order valence-corrected chi connectivity index (χ0v) is 18.2. The van der Waals surface area contributed by atoms with Gasteiger partial charge in [-0.15, -0.1) is 11.3 Å². The molecule has 0 aromatic carbocycles. The fraction of sp³-hybridized carbons (Fsp3) is 0.429. The Morgan fingerprint density at radius 3 is 2.76 bits per heavy atom. The van der Waals surface area contributed by atoms with E-state index in [1.165, 1.54) is 23.1 Å². The summed E-state index contributed by atoms with van der Waals surface area (Å²) in [5.41, 5.74) is 1.40. The second-order valence-corrected chi connectivity index (χ2v) is 9.63. The van der Waals surface area contributed by atoms with Crippen LogP contribution in [0.3, 0.4) is 0 Å². The molecule has 0 N–H and O–H groups in total. The van der Waals surface area contributed by atoms with Crippen molar-refractivity contribution in [3.8, 4) is 0 Å². The first kappa shape index (κ1) is 20.1. The first-order valence-electron chi connectivity index (χ1n) is 9.79. The third kappa shape index (κ3) is 4.53. The third-order valence-corrected chi connectivity index (χ3v) is 6.98. The number of pyridine rings is 1. The maximum Gasteiger partial charge on any atom is 0.272 e. The number of amides is 1. The molecule has 152 valence electrons. The van der Waals surface area contributed by atoms with Gasteiger partial charge in [-0.1, -0.05) is 31.7 Å². The van der Waals surface area contributed by atoms with Crippen LogP contribution in [0.2, 0.25) is 0 Å². The Morgan fingerprint density at radius 2 is 2.03 bits per heavy atom. The summed E-state index contributed by atoms with van der Waals surface area (Å²) in [7, 11) is 0. The van der Waals surface area contributed by atoms with Crippen LogP contribution in [0.5, 0.6) is 0 Å². The Labute approximate surface area is 178 Å². The highest BCUT2D eigenvalue weighted by molar-refractivity contribution is 7.99. The Balaban J connectivity index is 1.58. The summed E-state index contributed by atoms with van der Waals surface area (Å²) in [6.45, 7) is 6.34. The number of hydrogen-bond donors (Lipinski definition) is 0. The van der Waals surface area contributed by atoms with Gasteiger partial charge >= 0.3 is 0 Å². The highest BCUT2D eigenvalue weighted by Gasteiger charge is 2.25. The largest absolute Gasteiger partial charge is 0.341 e. The van der Waals surface area contributed by atoms with Crippen molar-refractivity contribution in [2.24, 2.45) is 11.8 Å². The first-order chi connectivity index (χ1) is 14.0. The smallest absolute Gasteiger partial charge is 0.272 e. The number of thiophene rings is 1. The number of hydrogen-bond acceptors (Lipinski definition) is 6. The van der Waals surface area contributed by atoms with Crippen LogP contribution in [0, 0.1) is 11.8 Å². The Morgan fingerprint density at radius 1 is 1.24 bits per heavy atom. The Hall–Kier alpha value is -2.19. The van der Waals surface area contributed by atoms with Gasteiger partial charge in [0.05, 0.1) is 23.5 Å². The second-order valence-electron chi connectivity index (χ2n) is 7.78. The van der Waals surface area contributed by atoms with E-state index in [2.05, 4.69) is 23.8 Å². The van der Waals surface area contributed by atoms with Crippen molar-refractivity contribution < 1.29 is 4.79 Å². The van der Waals surface area contributed by atoms with Crippen LogP contribution < -0.4 is 5.56 Å². The van der Waals surface area contributed by atoms with Crippen molar-refractivity contribution in [2.45, 2.75) is 32.0 Å². The van der Waals surface area contributed by atoms with Crippen molar-refractivity contribution >= 4 is 39.2 Å². The monoisotopic (exact) mass is 428 g/mol. The van der Waals surface area contributed by atoms with Crippen LogP contribution >= 0.6 is 23.1 Å². The molecular formula is C21H24N4O2S2. The standard InChI is InChI=1S/C21H24N4O2S2/c1-14-9-15(2)11-24(10-14)18(26)13-29-21-23-17-6-8-28-19(17)20(27)25(21)12-16-5-3-4-7-22-16/h3-8,14-15H,9-13H2,1-2H3/t14-,15+. The number of carbonyl (C=O) groups excluding carboxylic acids is 1. The zero-order chi connectivity index (χ0) is 20.4. The highest BCUT2D eigenvalue weighted by Crippen LogP contribution is 2.24. The lowest BCUT2D eigenvalue weighted by Gasteiger charge is -2.35. The minimum atomic E-state index is -0.0779. The van der Waals surface area contributed by atoms with E-state index in [1.807, 2.05) is 34.5 Å². The zero-order valence-electron chi connectivity index (χ0n) is 16.6. The maximum atomic E-state index is 13.0. The molecule has 4 heterocycles. The molecule has 0 saturated carbocycles. The van der Waals surface area contributed by atoms with Gasteiger partial charge in [-0.05, 0) is 41.8 Å². The second kappa shape index (κ2) is 8.67. The summed E-state index contributed by atoms with van der Waals surface area (Å²) in [6, 6.07) is 7.50. The molecule has 8 heteroatoms. The molecule has 0 unspecified atom stereocenters. The SMILES string of the molecule is C[C@@H]1C[C@H](C)CN(C(=O)CSc2nc3ccsc3c(=O)n2Cc2ccccn2)C1. The summed E-state index contributed by atoms with van der Waals surface area (Å²) in [5.74, 6) is 1.44. The topological polar surface area (TPSA) is 68.1 Å². The van der Waals surface area contributed by atoms with E-state index < -0.39 is 0 Å². The van der Waals surface area contributed by atoms with E-state index >= 15 is 0 Å². The molecule has 1 saturated heterocycles. The van der Waals surface area contributed by atoms with Gasteiger partial charge in [0.25, 0.3) is 5.56 Å². The van der Waals surface area contributed by atoms with Gasteiger partial charge in [0.1, 0.15) is 4.70 Å².